The molecule has 1 atom stereocenters. The fourth-order valence-corrected chi connectivity index (χ4v) is 2.73. The fraction of sp³-hybridized carbons (Fsp3) is 0.812. The minimum atomic E-state index is 0.544. The van der Waals surface area contributed by atoms with Crippen molar-refractivity contribution in [2.45, 2.75) is 60.0 Å². The molecule has 1 aromatic heterocycles. The Hall–Kier alpha value is -0.870. The number of nitrogens with one attached hydrogen (secondary N) is 1. The Morgan fingerprint density at radius 1 is 1.25 bits per heavy atom. The fourth-order valence-electron chi connectivity index (χ4n) is 2.73. The van der Waals surface area contributed by atoms with E-state index in [0.717, 1.165) is 38.3 Å². The van der Waals surface area contributed by atoms with Crippen LogP contribution in [0, 0.1) is 6.92 Å². The maximum Gasteiger partial charge on any atom is 0.0596 e. The predicted octanol–water partition coefficient (Wildman–Crippen LogP) is 2.46. The highest BCUT2D eigenvalue weighted by Crippen LogP contribution is 2.09. The first-order valence-electron chi connectivity index (χ1n) is 8.13. The second kappa shape index (κ2) is 9.14. The molecule has 4 heteroatoms. The molecule has 0 aliphatic heterocycles. The molecule has 0 aliphatic carbocycles. The van der Waals surface area contributed by atoms with Gasteiger partial charge in [-0.2, -0.15) is 5.10 Å². The van der Waals surface area contributed by atoms with E-state index in [9.17, 15) is 0 Å². The van der Waals surface area contributed by atoms with Gasteiger partial charge in [0, 0.05) is 24.7 Å². The van der Waals surface area contributed by atoms with Crippen LogP contribution in [0.1, 0.15) is 45.5 Å². The zero-order chi connectivity index (χ0) is 15.0. The summed E-state index contributed by atoms with van der Waals surface area (Å²) in [5.74, 6) is 0. The van der Waals surface area contributed by atoms with Crippen molar-refractivity contribution in [3.63, 3.8) is 0 Å². The van der Waals surface area contributed by atoms with Crippen molar-refractivity contribution in [3.05, 3.63) is 17.5 Å². The van der Waals surface area contributed by atoms with Gasteiger partial charge in [0.1, 0.15) is 0 Å². The third kappa shape index (κ3) is 5.25. The van der Waals surface area contributed by atoms with Crippen LogP contribution in [0.25, 0.3) is 0 Å². The number of nitrogens with zero attached hydrogens (tertiary/aromatic N) is 3. The van der Waals surface area contributed by atoms with Crippen LogP contribution in [0.2, 0.25) is 0 Å². The van der Waals surface area contributed by atoms with Crippen molar-refractivity contribution < 1.29 is 0 Å². The summed E-state index contributed by atoms with van der Waals surface area (Å²) >= 11 is 0. The minimum absolute atomic E-state index is 0.544. The van der Waals surface area contributed by atoms with Crippen LogP contribution in [0.15, 0.2) is 6.07 Å². The highest BCUT2D eigenvalue weighted by atomic mass is 15.3. The van der Waals surface area contributed by atoms with Gasteiger partial charge in [-0.25, -0.2) is 0 Å². The normalized spacial score (nSPS) is 13.1. The topological polar surface area (TPSA) is 33.1 Å². The molecule has 1 unspecified atom stereocenters. The summed E-state index contributed by atoms with van der Waals surface area (Å²) in [4.78, 5) is 2.49. The van der Waals surface area contributed by atoms with Crippen LogP contribution in [0.5, 0.6) is 0 Å². The number of aryl methyl sites for hydroxylation is 2. The quantitative estimate of drug-likeness (QED) is 0.715. The van der Waals surface area contributed by atoms with Gasteiger partial charge in [-0.3, -0.25) is 4.68 Å². The van der Waals surface area contributed by atoms with Crippen molar-refractivity contribution in [2.75, 3.05) is 26.2 Å². The third-order valence-corrected chi connectivity index (χ3v) is 3.92. The van der Waals surface area contributed by atoms with Gasteiger partial charge in [-0.15, -0.1) is 0 Å². The Morgan fingerprint density at radius 3 is 2.50 bits per heavy atom. The molecule has 0 amide bonds. The second-order valence-corrected chi connectivity index (χ2v) is 5.37. The molecule has 0 saturated carbocycles. The van der Waals surface area contributed by atoms with Crippen LogP contribution in [0.3, 0.4) is 0 Å². The average Bonchev–Trinajstić information content (AvgIpc) is 2.80. The highest BCUT2D eigenvalue weighted by Gasteiger charge is 2.13. The van der Waals surface area contributed by atoms with Crippen LogP contribution in [-0.2, 0) is 13.0 Å². The van der Waals surface area contributed by atoms with E-state index in [4.69, 9.17) is 0 Å². The molecule has 116 valence electrons. The molecule has 0 saturated heterocycles. The van der Waals surface area contributed by atoms with Crippen molar-refractivity contribution in [1.29, 1.82) is 0 Å². The molecule has 1 rings (SSSR count). The zero-order valence-electron chi connectivity index (χ0n) is 13.9. The summed E-state index contributed by atoms with van der Waals surface area (Å²) in [5.41, 5.74) is 2.48. The Balaban J connectivity index is 2.61. The SMILES string of the molecule is CCNC(CCN(CC)CC)Cc1cc(C)nn1CC. The van der Waals surface area contributed by atoms with E-state index in [-0.39, 0.29) is 0 Å². The standard InChI is InChI=1S/C16H32N4/c1-6-17-15(10-11-19(7-2)8-3)13-16-12-14(5)18-20(16)9-4/h12,15,17H,6-11,13H2,1-5H3. The number of aromatic nitrogens is 2. The summed E-state index contributed by atoms with van der Waals surface area (Å²) in [6, 6.07) is 2.77. The molecule has 0 aromatic carbocycles. The average molecular weight is 280 g/mol. The molecular weight excluding hydrogens is 248 g/mol. The van der Waals surface area contributed by atoms with Crippen LogP contribution in [-0.4, -0.2) is 46.9 Å². The van der Waals surface area contributed by atoms with Gasteiger partial charge >= 0.3 is 0 Å². The maximum atomic E-state index is 4.55. The molecule has 0 bridgehead atoms. The summed E-state index contributed by atoms with van der Waals surface area (Å²) in [6.07, 6.45) is 2.27. The molecule has 0 spiro atoms. The van der Waals surface area contributed by atoms with Gasteiger partial charge in [-0.05, 0) is 52.5 Å². The Morgan fingerprint density at radius 2 is 1.95 bits per heavy atom. The van der Waals surface area contributed by atoms with Crippen LogP contribution < -0.4 is 5.32 Å². The Labute approximate surface area is 124 Å². The summed E-state index contributed by atoms with van der Waals surface area (Å²) in [7, 11) is 0. The Kier molecular flexibility index (Phi) is 7.85. The second-order valence-electron chi connectivity index (χ2n) is 5.37. The molecule has 0 radical (unpaired) electrons. The molecule has 1 aromatic rings. The van der Waals surface area contributed by atoms with Gasteiger partial charge in [0.25, 0.3) is 0 Å². The number of hydrogen-bond acceptors (Lipinski definition) is 3. The third-order valence-electron chi connectivity index (χ3n) is 3.92. The summed E-state index contributed by atoms with van der Waals surface area (Å²) < 4.78 is 2.14. The molecule has 20 heavy (non-hydrogen) atoms. The maximum absolute atomic E-state index is 4.55. The van der Waals surface area contributed by atoms with E-state index in [1.165, 1.54) is 18.7 Å². The molecule has 0 aliphatic rings. The van der Waals surface area contributed by atoms with Gasteiger partial charge < -0.3 is 10.2 Å². The first kappa shape index (κ1) is 17.2. The first-order valence-corrected chi connectivity index (χ1v) is 8.13. The number of likely N-dealkylation sites (N-methyl/N-ethyl adjacent to an activating group) is 1. The van der Waals surface area contributed by atoms with Crippen molar-refractivity contribution in [2.24, 2.45) is 0 Å². The molecule has 1 N–H and O–H groups in total. The van der Waals surface area contributed by atoms with E-state index < -0.39 is 0 Å². The summed E-state index contributed by atoms with van der Waals surface area (Å²) in [6.45, 7) is 16.3. The van der Waals surface area contributed by atoms with Crippen molar-refractivity contribution >= 4 is 0 Å². The lowest BCUT2D eigenvalue weighted by molar-refractivity contribution is 0.280. The van der Waals surface area contributed by atoms with Gasteiger partial charge in [-0.1, -0.05) is 20.8 Å². The number of hydrogen-bond donors (Lipinski definition) is 1. The highest BCUT2D eigenvalue weighted by molar-refractivity contribution is 5.10. The smallest absolute Gasteiger partial charge is 0.0596 e. The van der Waals surface area contributed by atoms with E-state index in [1.54, 1.807) is 0 Å². The van der Waals surface area contributed by atoms with Crippen LogP contribution >= 0.6 is 0 Å². The Bertz CT molecular complexity index is 369. The molecule has 4 nitrogen and oxygen atoms in total. The van der Waals surface area contributed by atoms with Crippen molar-refractivity contribution in [1.82, 2.24) is 20.0 Å². The van der Waals surface area contributed by atoms with E-state index in [2.05, 4.69) is 60.7 Å². The lowest BCUT2D eigenvalue weighted by Crippen LogP contribution is -2.36. The predicted molar refractivity (Wildman–Crippen MR) is 86.2 cm³/mol. The van der Waals surface area contributed by atoms with Gasteiger partial charge in [0.2, 0.25) is 0 Å². The zero-order valence-corrected chi connectivity index (χ0v) is 13.9. The van der Waals surface area contributed by atoms with Crippen LogP contribution in [0.4, 0.5) is 0 Å². The lowest BCUT2D eigenvalue weighted by Gasteiger charge is -2.23. The van der Waals surface area contributed by atoms with Crippen molar-refractivity contribution in [3.8, 4) is 0 Å². The molecule has 1 heterocycles. The summed E-state index contributed by atoms with van der Waals surface area (Å²) in [5, 5.41) is 8.18. The van der Waals surface area contributed by atoms with E-state index >= 15 is 0 Å². The first-order chi connectivity index (χ1) is 9.64. The lowest BCUT2D eigenvalue weighted by atomic mass is 10.1. The van der Waals surface area contributed by atoms with E-state index in [1.807, 2.05) is 0 Å². The number of rotatable bonds is 10. The molecular formula is C16H32N4. The monoisotopic (exact) mass is 280 g/mol. The van der Waals surface area contributed by atoms with Gasteiger partial charge in [0.05, 0.1) is 5.69 Å². The molecule has 0 fully saturated rings. The van der Waals surface area contributed by atoms with E-state index in [0.29, 0.717) is 6.04 Å². The largest absolute Gasteiger partial charge is 0.314 e. The van der Waals surface area contributed by atoms with Gasteiger partial charge in [0.15, 0.2) is 0 Å². The minimum Gasteiger partial charge on any atom is -0.314 e.